The van der Waals surface area contributed by atoms with Crippen molar-refractivity contribution in [2.24, 2.45) is 17.3 Å². The lowest BCUT2D eigenvalue weighted by Crippen LogP contribution is -2.58. The molecule has 0 aromatic heterocycles. The van der Waals surface area contributed by atoms with E-state index < -0.39 is 32.9 Å². The Morgan fingerprint density at radius 1 is 1.11 bits per heavy atom. The van der Waals surface area contributed by atoms with Gasteiger partial charge in [0.05, 0.1) is 23.2 Å². The summed E-state index contributed by atoms with van der Waals surface area (Å²) in [6.07, 6.45) is 2.23. The Kier molecular flexibility index (Phi) is 6.54. The number of para-hydroxylation sites is 1. The van der Waals surface area contributed by atoms with Crippen LogP contribution in [0.15, 0.2) is 30.3 Å². The smallest absolute Gasteiger partial charge is 0.244 e. The fourth-order valence-electron chi connectivity index (χ4n) is 6.99. The molecule has 7 nitrogen and oxygen atoms in total. The maximum absolute atomic E-state index is 13.9. The molecule has 0 aliphatic carbocycles. The van der Waals surface area contributed by atoms with Gasteiger partial charge in [-0.05, 0) is 57.6 Å². The average molecular weight is 502 g/mol. The van der Waals surface area contributed by atoms with Crippen LogP contribution in [0.1, 0.15) is 60.8 Å². The van der Waals surface area contributed by atoms with Crippen molar-refractivity contribution in [2.75, 3.05) is 18.5 Å². The summed E-state index contributed by atoms with van der Waals surface area (Å²) in [5.74, 6) is -1.70. The van der Waals surface area contributed by atoms with Gasteiger partial charge in [-0.3, -0.25) is 14.4 Å². The van der Waals surface area contributed by atoms with Gasteiger partial charge >= 0.3 is 0 Å². The summed E-state index contributed by atoms with van der Waals surface area (Å²) >= 11 is 1.64. The summed E-state index contributed by atoms with van der Waals surface area (Å²) in [6, 6.07) is 8.55. The number of rotatable bonds is 7. The molecule has 3 aliphatic heterocycles. The van der Waals surface area contributed by atoms with Crippen LogP contribution >= 0.6 is 11.8 Å². The highest BCUT2D eigenvalue weighted by atomic mass is 32.2. The Morgan fingerprint density at radius 3 is 2.37 bits per heavy atom. The van der Waals surface area contributed by atoms with Crippen LogP contribution in [0.4, 0.5) is 5.69 Å². The van der Waals surface area contributed by atoms with Crippen LogP contribution in [0.2, 0.25) is 0 Å². The zero-order valence-corrected chi connectivity index (χ0v) is 22.5. The van der Waals surface area contributed by atoms with Gasteiger partial charge < -0.3 is 20.6 Å². The average Bonchev–Trinajstić information content (AvgIpc) is 3.28. The highest BCUT2D eigenvalue weighted by Gasteiger charge is 2.77. The maximum atomic E-state index is 13.9. The molecule has 1 spiro atoms. The first-order valence-corrected chi connectivity index (χ1v) is 13.3. The van der Waals surface area contributed by atoms with E-state index in [1.807, 2.05) is 44.2 Å². The first kappa shape index (κ1) is 26.0. The molecule has 2 unspecified atom stereocenters. The Morgan fingerprint density at radius 2 is 1.77 bits per heavy atom. The molecule has 192 valence electrons. The summed E-state index contributed by atoms with van der Waals surface area (Å²) in [5.41, 5.74) is 0.245. The number of fused-ring (bicyclic) bond motifs is 1. The van der Waals surface area contributed by atoms with Gasteiger partial charge in [-0.2, -0.15) is 0 Å². The minimum atomic E-state index is -0.715. The molecule has 3 aliphatic rings. The molecule has 3 heterocycles. The third-order valence-electron chi connectivity index (χ3n) is 7.62. The lowest BCUT2D eigenvalue weighted by molar-refractivity contribution is -0.140. The van der Waals surface area contributed by atoms with E-state index in [1.165, 1.54) is 4.90 Å². The Hall–Kier alpha value is -2.06. The van der Waals surface area contributed by atoms with Gasteiger partial charge in [0.1, 0.15) is 6.04 Å². The van der Waals surface area contributed by atoms with Gasteiger partial charge in [-0.25, -0.2) is 0 Å². The van der Waals surface area contributed by atoms with Gasteiger partial charge in [0, 0.05) is 22.5 Å². The molecule has 1 aromatic carbocycles. The van der Waals surface area contributed by atoms with Crippen molar-refractivity contribution < 1.29 is 19.5 Å². The topological polar surface area (TPSA) is 98.7 Å². The van der Waals surface area contributed by atoms with E-state index >= 15 is 0 Å². The second-order valence-corrected chi connectivity index (χ2v) is 14.3. The molecule has 3 saturated heterocycles. The molecule has 3 N–H and O–H groups in total. The van der Waals surface area contributed by atoms with Crippen LogP contribution in [0.3, 0.4) is 0 Å². The fourth-order valence-corrected chi connectivity index (χ4v) is 9.35. The molecule has 0 radical (unpaired) electrons. The number of nitrogens with one attached hydrogen (secondary N) is 2. The van der Waals surface area contributed by atoms with Crippen molar-refractivity contribution in [1.29, 1.82) is 0 Å². The van der Waals surface area contributed by atoms with Crippen molar-refractivity contribution in [3.8, 4) is 0 Å². The number of nitrogens with zero attached hydrogens (tertiary/aromatic N) is 1. The van der Waals surface area contributed by atoms with Crippen LogP contribution < -0.4 is 10.6 Å². The zero-order chi connectivity index (χ0) is 25.8. The van der Waals surface area contributed by atoms with E-state index in [2.05, 4.69) is 38.3 Å². The second kappa shape index (κ2) is 8.80. The Bertz CT molecular complexity index is 1010. The molecule has 4 rings (SSSR count). The quantitative estimate of drug-likeness (QED) is 0.532. The normalized spacial score (nSPS) is 32.0. The summed E-state index contributed by atoms with van der Waals surface area (Å²) in [6.45, 7) is 12.3. The number of hydrogen-bond acceptors (Lipinski definition) is 5. The standard InChI is InChI=1S/C27H39N3O4S/c1-24(2,3)16-25(4,5)29-22(33)20-27-13-12-26(6,35-27)18(19(27)23(34)30(20)14-15-31)21(32)28-17-10-8-7-9-11-17/h7-11,18-20,31H,12-16H2,1-6H3,(H,28,32)(H,29,33)/t18-,19-,20?,26+,27?/m0/s1. The molecule has 3 amide bonds. The summed E-state index contributed by atoms with van der Waals surface area (Å²) in [4.78, 5) is 42.8. The number of amides is 3. The molecular weight excluding hydrogens is 462 g/mol. The number of thioether (sulfide) groups is 1. The molecule has 8 heteroatoms. The predicted molar refractivity (Wildman–Crippen MR) is 139 cm³/mol. The third-order valence-corrected chi connectivity index (χ3v) is 9.61. The fraction of sp³-hybridized carbons (Fsp3) is 0.667. The van der Waals surface area contributed by atoms with Gasteiger partial charge in [-0.15, -0.1) is 11.8 Å². The van der Waals surface area contributed by atoms with Crippen LogP contribution in [-0.4, -0.2) is 62.0 Å². The molecule has 1 aromatic rings. The second-order valence-electron chi connectivity index (χ2n) is 12.4. The first-order valence-electron chi connectivity index (χ1n) is 12.5. The van der Waals surface area contributed by atoms with Crippen LogP contribution in [0, 0.1) is 17.3 Å². The van der Waals surface area contributed by atoms with E-state index in [0.29, 0.717) is 12.1 Å². The predicted octanol–water partition coefficient (Wildman–Crippen LogP) is 3.43. The molecule has 3 fully saturated rings. The van der Waals surface area contributed by atoms with Gasteiger partial charge in [-0.1, -0.05) is 39.0 Å². The first-order chi connectivity index (χ1) is 16.2. The zero-order valence-electron chi connectivity index (χ0n) is 21.7. The van der Waals surface area contributed by atoms with Crippen molar-refractivity contribution in [1.82, 2.24) is 10.2 Å². The monoisotopic (exact) mass is 501 g/mol. The number of aliphatic hydroxyl groups is 1. The molecular formula is C27H39N3O4S. The van der Waals surface area contributed by atoms with Crippen LogP contribution in [0.5, 0.6) is 0 Å². The van der Waals surface area contributed by atoms with E-state index in [4.69, 9.17) is 0 Å². The number of carbonyl (C=O) groups excluding carboxylic acids is 3. The summed E-state index contributed by atoms with van der Waals surface area (Å²) in [7, 11) is 0. The molecule has 5 atom stereocenters. The number of anilines is 1. The van der Waals surface area contributed by atoms with E-state index in [9.17, 15) is 19.5 Å². The summed E-state index contributed by atoms with van der Waals surface area (Å²) in [5, 5.41) is 16.0. The van der Waals surface area contributed by atoms with E-state index in [-0.39, 0.29) is 36.3 Å². The highest BCUT2D eigenvalue weighted by Crippen LogP contribution is 2.71. The largest absolute Gasteiger partial charge is 0.395 e. The Balaban J connectivity index is 1.67. The summed E-state index contributed by atoms with van der Waals surface area (Å²) < 4.78 is -1.11. The maximum Gasteiger partial charge on any atom is 0.244 e. The van der Waals surface area contributed by atoms with Gasteiger partial charge in [0.25, 0.3) is 0 Å². The number of likely N-dealkylation sites (tertiary alicyclic amines) is 1. The molecule has 2 bridgehead atoms. The number of carbonyl (C=O) groups is 3. The third kappa shape index (κ3) is 4.59. The Labute approximate surface area is 212 Å². The van der Waals surface area contributed by atoms with Crippen LogP contribution in [-0.2, 0) is 14.4 Å². The van der Waals surface area contributed by atoms with Gasteiger partial charge in [0.15, 0.2) is 0 Å². The highest BCUT2D eigenvalue weighted by molar-refractivity contribution is 8.02. The lowest BCUT2D eigenvalue weighted by Gasteiger charge is -2.38. The van der Waals surface area contributed by atoms with Gasteiger partial charge in [0.2, 0.25) is 17.7 Å². The van der Waals surface area contributed by atoms with Crippen molar-refractivity contribution in [2.45, 2.75) is 81.9 Å². The minimum absolute atomic E-state index is 0.0164. The van der Waals surface area contributed by atoms with Crippen molar-refractivity contribution in [3.05, 3.63) is 30.3 Å². The lowest BCUT2D eigenvalue weighted by atomic mass is 9.66. The van der Waals surface area contributed by atoms with Crippen molar-refractivity contribution in [3.63, 3.8) is 0 Å². The minimum Gasteiger partial charge on any atom is -0.395 e. The van der Waals surface area contributed by atoms with E-state index in [0.717, 1.165) is 12.8 Å². The molecule has 35 heavy (non-hydrogen) atoms. The number of hydrogen-bond donors (Lipinski definition) is 3. The van der Waals surface area contributed by atoms with E-state index in [1.54, 1.807) is 11.8 Å². The number of benzene rings is 1. The SMILES string of the molecule is CC(C)(C)CC(C)(C)NC(=O)C1N(CCO)C(=O)[C@@H]2[C@@H](C(=O)Nc3ccccc3)[C@@]3(C)CCC12S3. The number of aliphatic hydroxyl groups excluding tert-OH is 1. The van der Waals surface area contributed by atoms with Crippen molar-refractivity contribution >= 4 is 35.2 Å². The van der Waals surface area contributed by atoms with Crippen LogP contribution in [0.25, 0.3) is 0 Å². The molecule has 0 saturated carbocycles. The number of β-amino-alcohol motifs (C(OH)–C–C–N with tert-alkyl or cyclic N) is 1.